The first-order valence-electron chi connectivity index (χ1n) is 6.32. The quantitative estimate of drug-likeness (QED) is 0.773. The van der Waals surface area contributed by atoms with Crippen LogP contribution in [-0.2, 0) is 14.8 Å². The highest BCUT2D eigenvalue weighted by molar-refractivity contribution is 8.13. The molecule has 1 saturated heterocycles. The van der Waals surface area contributed by atoms with Gasteiger partial charge in [-0.15, -0.1) is 0 Å². The number of halogens is 1. The van der Waals surface area contributed by atoms with Crippen molar-refractivity contribution in [2.24, 2.45) is 0 Å². The Morgan fingerprint density at radius 3 is 2.65 bits per heavy atom. The molecule has 1 aliphatic heterocycles. The zero-order chi connectivity index (χ0) is 14.6. The molecule has 0 amide bonds. The summed E-state index contributed by atoms with van der Waals surface area (Å²) < 4.78 is 33.9. The van der Waals surface area contributed by atoms with Crippen LogP contribution in [0.3, 0.4) is 0 Å². The maximum atomic E-state index is 11.3. The second-order valence-electron chi connectivity index (χ2n) is 4.56. The molecule has 1 aromatic rings. The van der Waals surface area contributed by atoms with Crippen LogP contribution in [0.15, 0.2) is 18.2 Å². The third kappa shape index (κ3) is 4.46. The molecule has 0 spiro atoms. The van der Waals surface area contributed by atoms with Crippen LogP contribution < -0.4 is 9.47 Å². The molecule has 1 fully saturated rings. The van der Waals surface area contributed by atoms with E-state index in [0.717, 1.165) is 24.3 Å². The molecule has 1 aromatic carbocycles. The molecule has 0 radical (unpaired) electrons. The lowest BCUT2D eigenvalue weighted by Crippen LogP contribution is -2.23. The van der Waals surface area contributed by atoms with Crippen molar-refractivity contribution < 1.29 is 17.9 Å². The minimum Gasteiger partial charge on any atom is -0.493 e. The molecule has 0 saturated carbocycles. The molecule has 7 heteroatoms. The highest BCUT2D eigenvalue weighted by atomic mass is 35.7. The second-order valence-corrected chi connectivity index (χ2v) is 8.56. The van der Waals surface area contributed by atoms with Crippen molar-refractivity contribution in [3.05, 3.63) is 23.8 Å². The van der Waals surface area contributed by atoms with Gasteiger partial charge in [-0.25, -0.2) is 8.42 Å². The summed E-state index contributed by atoms with van der Waals surface area (Å²) in [6.07, 6.45) is 2.01. The molecule has 0 aromatic heterocycles. The highest BCUT2D eigenvalue weighted by Gasteiger charge is 2.21. The minimum absolute atomic E-state index is 0.101. The second kappa shape index (κ2) is 6.91. The average molecular weight is 337 g/mol. The first kappa shape index (κ1) is 15.8. The topological polar surface area (TPSA) is 52.6 Å². The van der Waals surface area contributed by atoms with Gasteiger partial charge in [-0.1, -0.05) is 12.1 Å². The molecule has 20 heavy (non-hydrogen) atoms. The summed E-state index contributed by atoms with van der Waals surface area (Å²) in [6, 6.07) is 5.20. The lowest BCUT2D eigenvalue weighted by molar-refractivity contribution is 0.183. The van der Waals surface area contributed by atoms with Gasteiger partial charge in [0.15, 0.2) is 11.5 Å². The van der Waals surface area contributed by atoms with Gasteiger partial charge in [0, 0.05) is 16.2 Å². The van der Waals surface area contributed by atoms with Crippen LogP contribution in [0.2, 0.25) is 0 Å². The maximum absolute atomic E-state index is 11.3. The van der Waals surface area contributed by atoms with Gasteiger partial charge in [0.1, 0.15) is 6.10 Å². The number of thioether (sulfide) groups is 1. The van der Waals surface area contributed by atoms with Gasteiger partial charge in [0.05, 0.1) is 12.9 Å². The molecule has 0 bridgehead atoms. The van der Waals surface area contributed by atoms with E-state index in [0.29, 0.717) is 17.1 Å². The SMILES string of the molecule is COc1cccc(CS(=O)(=O)Cl)c1OC1CCSCC1. The van der Waals surface area contributed by atoms with Crippen molar-refractivity contribution >= 4 is 31.5 Å². The smallest absolute Gasteiger partial charge is 0.236 e. The number of hydrogen-bond acceptors (Lipinski definition) is 5. The standard InChI is InChI=1S/C13H17ClO4S2/c1-17-12-4-2-3-10(9-20(14,15)16)13(12)18-11-5-7-19-8-6-11/h2-4,11H,5-9H2,1H3. The molecule has 2 rings (SSSR count). The lowest BCUT2D eigenvalue weighted by atomic mass is 10.1. The van der Waals surface area contributed by atoms with Crippen LogP contribution >= 0.6 is 22.4 Å². The zero-order valence-corrected chi connectivity index (χ0v) is 13.6. The Morgan fingerprint density at radius 2 is 2.05 bits per heavy atom. The van der Waals surface area contributed by atoms with Crippen molar-refractivity contribution in [2.45, 2.75) is 24.7 Å². The van der Waals surface area contributed by atoms with Crippen LogP contribution in [0.4, 0.5) is 0 Å². The largest absolute Gasteiger partial charge is 0.493 e. The monoisotopic (exact) mass is 336 g/mol. The zero-order valence-electron chi connectivity index (χ0n) is 11.2. The molecule has 0 N–H and O–H groups in total. The summed E-state index contributed by atoms with van der Waals surface area (Å²) in [6.45, 7) is 0. The average Bonchev–Trinajstić information content (AvgIpc) is 2.40. The van der Waals surface area contributed by atoms with Crippen LogP contribution in [0.5, 0.6) is 11.5 Å². The van der Waals surface area contributed by atoms with E-state index in [1.165, 1.54) is 7.11 Å². The molecule has 0 unspecified atom stereocenters. The third-order valence-electron chi connectivity index (χ3n) is 3.06. The number of ether oxygens (including phenoxy) is 2. The van der Waals surface area contributed by atoms with Gasteiger partial charge in [-0.3, -0.25) is 0 Å². The fourth-order valence-electron chi connectivity index (χ4n) is 2.12. The van der Waals surface area contributed by atoms with Crippen molar-refractivity contribution in [2.75, 3.05) is 18.6 Å². The van der Waals surface area contributed by atoms with Crippen molar-refractivity contribution in [3.8, 4) is 11.5 Å². The first-order valence-corrected chi connectivity index (χ1v) is 9.95. The molecule has 112 valence electrons. The summed E-state index contributed by atoms with van der Waals surface area (Å²) in [5, 5.41) is 0. The van der Waals surface area contributed by atoms with Gasteiger partial charge in [-0.2, -0.15) is 11.8 Å². The summed E-state index contributed by atoms with van der Waals surface area (Å²) >= 11 is 1.91. The van der Waals surface area contributed by atoms with Crippen molar-refractivity contribution in [1.29, 1.82) is 0 Å². The number of rotatable bonds is 5. The van der Waals surface area contributed by atoms with E-state index in [1.807, 2.05) is 11.8 Å². The number of para-hydroxylation sites is 1. The van der Waals surface area contributed by atoms with Gasteiger partial charge in [-0.05, 0) is 30.4 Å². The normalized spacial score (nSPS) is 16.9. The van der Waals surface area contributed by atoms with E-state index in [2.05, 4.69) is 0 Å². The Labute approximate surface area is 128 Å². The number of hydrogen-bond donors (Lipinski definition) is 0. The summed E-state index contributed by atoms with van der Waals surface area (Å²) in [5.74, 6) is 2.89. The fourth-order valence-corrected chi connectivity index (χ4v) is 4.13. The Morgan fingerprint density at radius 1 is 1.35 bits per heavy atom. The van der Waals surface area contributed by atoms with E-state index in [9.17, 15) is 8.42 Å². The van der Waals surface area contributed by atoms with E-state index in [4.69, 9.17) is 20.2 Å². The molecular formula is C13H17ClO4S2. The Balaban J connectivity index is 2.27. The van der Waals surface area contributed by atoms with Gasteiger partial charge in [0.2, 0.25) is 9.05 Å². The van der Waals surface area contributed by atoms with Crippen LogP contribution in [0.25, 0.3) is 0 Å². The van der Waals surface area contributed by atoms with Gasteiger partial charge in [0.25, 0.3) is 0 Å². The predicted octanol–water partition coefficient (Wildman–Crippen LogP) is 3.04. The molecule has 0 aliphatic carbocycles. The Hall–Kier alpha value is -0.590. The van der Waals surface area contributed by atoms with E-state index < -0.39 is 9.05 Å². The molecular weight excluding hydrogens is 320 g/mol. The fraction of sp³-hybridized carbons (Fsp3) is 0.538. The Bertz CT molecular complexity index is 553. The van der Waals surface area contributed by atoms with Crippen LogP contribution in [-0.4, -0.2) is 33.1 Å². The minimum atomic E-state index is -3.63. The number of methoxy groups -OCH3 is 1. The number of benzene rings is 1. The molecule has 0 atom stereocenters. The van der Waals surface area contributed by atoms with Crippen molar-refractivity contribution in [1.82, 2.24) is 0 Å². The van der Waals surface area contributed by atoms with Gasteiger partial charge < -0.3 is 9.47 Å². The van der Waals surface area contributed by atoms with E-state index in [-0.39, 0.29) is 11.9 Å². The predicted molar refractivity (Wildman–Crippen MR) is 82.4 cm³/mol. The summed E-state index contributed by atoms with van der Waals surface area (Å²) in [5.41, 5.74) is 0.539. The van der Waals surface area contributed by atoms with Crippen LogP contribution in [0, 0.1) is 0 Å². The molecule has 1 aliphatic rings. The van der Waals surface area contributed by atoms with Crippen LogP contribution in [0.1, 0.15) is 18.4 Å². The third-order valence-corrected chi connectivity index (χ3v) is 5.09. The lowest BCUT2D eigenvalue weighted by Gasteiger charge is -2.25. The van der Waals surface area contributed by atoms with E-state index in [1.54, 1.807) is 18.2 Å². The Kier molecular flexibility index (Phi) is 5.46. The highest BCUT2D eigenvalue weighted by Crippen LogP contribution is 2.35. The van der Waals surface area contributed by atoms with Crippen molar-refractivity contribution in [3.63, 3.8) is 0 Å². The molecule has 1 heterocycles. The molecule has 4 nitrogen and oxygen atoms in total. The first-order chi connectivity index (χ1) is 9.49. The summed E-state index contributed by atoms with van der Waals surface area (Å²) in [7, 11) is 3.26. The maximum Gasteiger partial charge on any atom is 0.236 e. The summed E-state index contributed by atoms with van der Waals surface area (Å²) in [4.78, 5) is 0. The van der Waals surface area contributed by atoms with Gasteiger partial charge >= 0.3 is 0 Å². The van der Waals surface area contributed by atoms with E-state index >= 15 is 0 Å².